The zero-order valence-corrected chi connectivity index (χ0v) is 11.6. The highest BCUT2D eigenvalue weighted by molar-refractivity contribution is 6.32. The van der Waals surface area contributed by atoms with E-state index in [1.54, 1.807) is 0 Å². The fourth-order valence-electron chi connectivity index (χ4n) is 1.45. The lowest BCUT2D eigenvalue weighted by molar-refractivity contribution is -0.384. The number of nitro benzene ring substituents is 1. The van der Waals surface area contributed by atoms with Gasteiger partial charge in [0.1, 0.15) is 0 Å². The maximum Gasteiger partial charge on any atom is 0.273 e. The van der Waals surface area contributed by atoms with Crippen LogP contribution in [0.5, 0.6) is 11.6 Å². The van der Waals surface area contributed by atoms with Crippen LogP contribution in [0.25, 0.3) is 0 Å². The first-order valence-corrected chi connectivity index (χ1v) is 6.27. The molecule has 9 heteroatoms. The molecule has 2 rings (SSSR count). The molecule has 0 unspecified atom stereocenters. The maximum atomic E-state index is 13.6. The quantitative estimate of drug-likeness (QED) is 0.672. The van der Waals surface area contributed by atoms with E-state index < -0.39 is 10.7 Å². The number of anilines is 1. The van der Waals surface area contributed by atoms with Crippen molar-refractivity contribution < 1.29 is 14.1 Å². The van der Waals surface area contributed by atoms with Crippen LogP contribution in [0, 0.1) is 15.9 Å². The summed E-state index contributed by atoms with van der Waals surface area (Å²) in [6.45, 7) is 2.37. The summed E-state index contributed by atoms with van der Waals surface area (Å²) in [7, 11) is 0. The molecule has 0 radical (unpaired) electrons. The topological polar surface area (TPSA) is 90.2 Å². The molecule has 1 aromatic heterocycles. The van der Waals surface area contributed by atoms with Crippen LogP contribution >= 0.6 is 11.6 Å². The molecular weight excluding hydrogens is 303 g/mol. The smallest absolute Gasteiger partial charge is 0.273 e. The van der Waals surface area contributed by atoms with E-state index in [9.17, 15) is 14.5 Å². The van der Waals surface area contributed by atoms with Gasteiger partial charge >= 0.3 is 0 Å². The third kappa shape index (κ3) is 3.54. The standard InChI is InChI=1S/C12H10ClFN4O3/c1-2-15-12-16-6-9(14)11(17-12)21-10-5-7(18(19)20)3-4-8(10)13/h3-6H,2H2,1H3,(H,15,16,17). The SMILES string of the molecule is CCNc1ncc(F)c(Oc2cc([N+](=O)[O-])ccc2Cl)n1. The molecule has 0 spiro atoms. The molecule has 0 aliphatic heterocycles. The van der Waals surface area contributed by atoms with Crippen molar-refractivity contribution in [2.75, 3.05) is 11.9 Å². The minimum Gasteiger partial charge on any atom is -0.434 e. The highest BCUT2D eigenvalue weighted by atomic mass is 35.5. The molecule has 1 N–H and O–H groups in total. The van der Waals surface area contributed by atoms with Gasteiger partial charge in [-0.25, -0.2) is 4.98 Å². The van der Waals surface area contributed by atoms with Gasteiger partial charge in [0.15, 0.2) is 5.75 Å². The van der Waals surface area contributed by atoms with Crippen molar-refractivity contribution in [3.8, 4) is 11.6 Å². The zero-order chi connectivity index (χ0) is 15.4. The van der Waals surface area contributed by atoms with Crippen LogP contribution in [0.4, 0.5) is 16.0 Å². The number of hydrogen-bond donors (Lipinski definition) is 1. The first-order valence-electron chi connectivity index (χ1n) is 5.89. The lowest BCUT2D eigenvalue weighted by Crippen LogP contribution is -2.04. The summed E-state index contributed by atoms with van der Waals surface area (Å²) in [5, 5.41) is 13.6. The minimum absolute atomic E-state index is 0.0640. The van der Waals surface area contributed by atoms with Gasteiger partial charge in [0.25, 0.3) is 11.6 Å². The average molecular weight is 313 g/mol. The van der Waals surface area contributed by atoms with Crippen LogP contribution in [-0.2, 0) is 0 Å². The Balaban J connectivity index is 2.35. The molecule has 1 aromatic carbocycles. The summed E-state index contributed by atoms with van der Waals surface area (Å²) < 4.78 is 18.8. The molecule has 0 fully saturated rings. The molecule has 0 saturated heterocycles. The van der Waals surface area contributed by atoms with E-state index in [1.165, 1.54) is 12.1 Å². The van der Waals surface area contributed by atoms with Crippen molar-refractivity contribution in [3.63, 3.8) is 0 Å². The van der Waals surface area contributed by atoms with Gasteiger partial charge in [-0.3, -0.25) is 10.1 Å². The zero-order valence-electron chi connectivity index (χ0n) is 10.8. The predicted octanol–water partition coefficient (Wildman–Crippen LogP) is 3.40. The number of nitro groups is 1. The molecule has 0 bridgehead atoms. The van der Waals surface area contributed by atoms with Crippen molar-refractivity contribution in [2.45, 2.75) is 6.92 Å². The van der Waals surface area contributed by atoms with Gasteiger partial charge in [0.05, 0.1) is 22.2 Å². The van der Waals surface area contributed by atoms with Gasteiger partial charge in [-0.1, -0.05) is 11.6 Å². The predicted molar refractivity (Wildman–Crippen MR) is 74.3 cm³/mol. The minimum atomic E-state index is -0.806. The Morgan fingerprint density at radius 1 is 1.52 bits per heavy atom. The van der Waals surface area contributed by atoms with E-state index >= 15 is 0 Å². The molecule has 0 aliphatic carbocycles. The number of rotatable bonds is 5. The van der Waals surface area contributed by atoms with E-state index in [1.807, 2.05) is 6.92 Å². The fourth-order valence-corrected chi connectivity index (χ4v) is 1.61. The number of aromatic nitrogens is 2. The molecule has 0 atom stereocenters. The van der Waals surface area contributed by atoms with Gasteiger partial charge in [0, 0.05) is 12.6 Å². The lowest BCUT2D eigenvalue weighted by atomic mass is 10.3. The number of benzene rings is 1. The molecule has 0 aliphatic rings. The van der Waals surface area contributed by atoms with Crippen molar-refractivity contribution in [2.24, 2.45) is 0 Å². The molecule has 2 aromatic rings. The monoisotopic (exact) mass is 312 g/mol. The van der Waals surface area contributed by atoms with Gasteiger partial charge in [-0.05, 0) is 13.0 Å². The van der Waals surface area contributed by atoms with E-state index in [0.717, 1.165) is 12.3 Å². The van der Waals surface area contributed by atoms with Gasteiger partial charge < -0.3 is 10.1 Å². The first kappa shape index (κ1) is 14.9. The fraction of sp³-hybridized carbons (Fsp3) is 0.167. The molecule has 0 amide bonds. The Morgan fingerprint density at radius 2 is 2.29 bits per heavy atom. The Labute approximate surface area is 123 Å². The summed E-state index contributed by atoms with van der Waals surface area (Å²) in [4.78, 5) is 17.7. The molecule has 110 valence electrons. The highest BCUT2D eigenvalue weighted by Crippen LogP contribution is 2.33. The Kier molecular flexibility index (Phi) is 4.49. The number of ether oxygens (including phenoxy) is 1. The largest absolute Gasteiger partial charge is 0.434 e. The second kappa shape index (κ2) is 6.31. The van der Waals surface area contributed by atoms with Crippen molar-refractivity contribution in [3.05, 3.63) is 45.4 Å². The summed E-state index contributed by atoms with van der Waals surface area (Å²) in [6.07, 6.45) is 0.936. The van der Waals surface area contributed by atoms with Crippen LogP contribution in [0.2, 0.25) is 5.02 Å². The van der Waals surface area contributed by atoms with Crippen molar-refractivity contribution in [1.29, 1.82) is 0 Å². The number of nitrogens with zero attached hydrogens (tertiary/aromatic N) is 3. The second-order valence-electron chi connectivity index (χ2n) is 3.85. The Morgan fingerprint density at radius 3 is 2.95 bits per heavy atom. The van der Waals surface area contributed by atoms with Crippen LogP contribution in [-0.4, -0.2) is 21.4 Å². The Bertz CT molecular complexity index is 684. The van der Waals surface area contributed by atoms with Crippen LogP contribution in [0.3, 0.4) is 0 Å². The van der Waals surface area contributed by atoms with Crippen molar-refractivity contribution >= 4 is 23.2 Å². The van der Waals surface area contributed by atoms with Crippen LogP contribution in [0.1, 0.15) is 6.92 Å². The van der Waals surface area contributed by atoms with E-state index in [-0.39, 0.29) is 28.3 Å². The molecule has 21 heavy (non-hydrogen) atoms. The summed E-state index contributed by atoms with van der Waals surface area (Å²) in [5.41, 5.74) is -0.226. The number of nitrogens with one attached hydrogen (secondary N) is 1. The summed E-state index contributed by atoms with van der Waals surface area (Å²) in [5.74, 6) is -1.07. The second-order valence-corrected chi connectivity index (χ2v) is 4.26. The number of halogens is 2. The summed E-state index contributed by atoms with van der Waals surface area (Å²) in [6, 6.07) is 3.60. The third-order valence-corrected chi connectivity index (χ3v) is 2.69. The normalized spacial score (nSPS) is 10.2. The lowest BCUT2D eigenvalue weighted by Gasteiger charge is -2.08. The summed E-state index contributed by atoms with van der Waals surface area (Å²) >= 11 is 5.88. The Hall–Kier alpha value is -2.48. The number of hydrogen-bond acceptors (Lipinski definition) is 6. The maximum absolute atomic E-state index is 13.6. The molecule has 0 saturated carbocycles. The average Bonchev–Trinajstić information content (AvgIpc) is 2.45. The van der Waals surface area contributed by atoms with Gasteiger partial charge in [-0.15, -0.1) is 0 Å². The molecule has 1 heterocycles. The molecular formula is C12H10ClFN4O3. The third-order valence-electron chi connectivity index (χ3n) is 2.38. The number of non-ortho nitro benzene ring substituents is 1. The van der Waals surface area contributed by atoms with E-state index in [0.29, 0.717) is 6.54 Å². The van der Waals surface area contributed by atoms with E-state index in [4.69, 9.17) is 16.3 Å². The van der Waals surface area contributed by atoms with Gasteiger partial charge in [0.2, 0.25) is 11.8 Å². The van der Waals surface area contributed by atoms with Gasteiger partial charge in [-0.2, -0.15) is 9.37 Å². The molecule has 7 nitrogen and oxygen atoms in total. The van der Waals surface area contributed by atoms with Crippen LogP contribution in [0.15, 0.2) is 24.4 Å². The van der Waals surface area contributed by atoms with Crippen molar-refractivity contribution in [1.82, 2.24) is 9.97 Å². The highest BCUT2D eigenvalue weighted by Gasteiger charge is 2.15. The first-order chi connectivity index (χ1) is 10.0. The van der Waals surface area contributed by atoms with E-state index in [2.05, 4.69) is 15.3 Å². The van der Waals surface area contributed by atoms with Crippen LogP contribution < -0.4 is 10.1 Å².